The Morgan fingerprint density at radius 3 is 2.23 bits per heavy atom. The van der Waals surface area contributed by atoms with E-state index in [-0.39, 0.29) is 18.4 Å². The van der Waals surface area contributed by atoms with E-state index in [1.165, 1.54) is 26.8 Å². The largest absolute Gasteiger partial charge is 0.465 e. The van der Waals surface area contributed by atoms with Crippen molar-refractivity contribution in [1.29, 1.82) is 0 Å². The second-order valence-corrected chi connectivity index (χ2v) is 11.5. The SMILES string of the molecule is CC(=O)OC[C@]12[C@@H](OC(=O)/C=C/c3ccccc3)C[C@@H]3C[C@]1(OC3(C)C)[C@H](C)C[C@H](OC(C)=O)[C@@H]2OC(C)=O. The summed E-state index contributed by atoms with van der Waals surface area (Å²) < 4.78 is 30.3. The van der Waals surface area contributed by atoms with Crippen molar-refractivity contribution in [2.45, 2.75) is 90.3 Å². The number of esters is 4. The Balaban J connectivity index is 1.84. The number of hydrogen-bond donors (Lipinski definition) is 0. The number of ether oxygens (including phenoxy) is 5. The molecule has 4 rings (SSSR count). The molecule has 2 aliphatic carbocycles. The molecule has 1 aromatic rings. The van der Waals surface area contributed by atoms with Gasteiger partial charge in [0.25, 0.3) is 0 Å². The van der Waals surface area contributed by atoms with Gasteiger partial charge >= 0.3 is 23.9 Å². The lowest BCUT2D eigenvalue weighted by Gasteiger charge is -2.62. The first-order valence-corrected chi connectivity index (χ1v) is 13.4. The minimum atomic E-state index is -1.33. The first-order valence-electron chi connectivity index (χ1n) is 13.4. The fourth-order valence-electron chi connectivity index (χ4n) is 7.04. The van der Waals surface area contributed by atoms with Crippen LogP contribution in [0.1, 0.15) is 66.4 Å². The average molecular weight is 543 g/mol. The molecule has 3 aliphatic rings. The highest BCUT2D eigenvalue weighted by molar-refractivity contribution is 5.87. The van der Waals surface area contributed by atoms with Crippen molar-refractivity contribution in [2.24, 2.45) is 17.3 Å². The molecule has 1 spiro atoms. The molecule has 1 heterocycles. The molecule has 1 aliphatic heterocycles. The molecule has 9 nitrogen and oxygen atoms in total. The third kappa shape index (κ3) is 5.33. The summed E-state index contributed by atoms with van der Waals surface area (Å²) in [5, 5.41) is 0. The van der Waals surface area contributed by atoms with Crippen LogP contribution in [0.3, 0.4) is 0 Å². The van der Waals surface area contributed by atoms with Gasteiger partial charge in [-0.2, -0.15) is 0 Å². The van der Waals surface area contributed by atoms with Crippen LogP contribution in [0, 0.1) is 17.3 Å². The van der Waals surface area contributed by atoms with Gasteiger partial charge in [-0.25, -0.2) is 4.79 Å². The zero-order chi connectivity index (χ0) is 28.6. The van der Waals surface area contributed by atoms with Gasteiger partial charge in [-0.3, -0.25) is 14.4 Å². The average Bonchev–Trinajstić information content (AvgIpc) is 3.08. The lowest BCUT2D eigenvalue weighted by atomic mass is 9.49. The van der Waals surface area contributed by atoms with Gasteiger partial charge in [0, 0.05) is 26.8 Å². The quantitative estimate of drug-likeness (QED) is 0.286. The maximum Gasteiger partial charge on any atom is 0.331 e. The fraction of sp³-hybridized carbons (Fsp3) is 0.600. The molecule has 9 heteroatoms. The number of fused-ring (bicyclic) bond motifs is 1. The summed E-state index contributed by atoms with van der Waals surface area (Å²) in [5.41, 5.74) is -2.08. The number of hydrogen-bond acceptors (Lipinski definition) is 9. The summed E-state index contributed by atoms with van der Waals surface area (Å²) in [4.78, 5) is 50.0. The van der Waals surface area contributed by atoms with Gasteiger partial charge in [-0.15, -0.1) is 0 Å². The molecule has 2 saturated carbocycles. The maximum atomic E-state index is 13.3. The van der Waals surface area contributed by atoms with Crippen LogP contribution >= 0.6 is 0 Å². The van der Waals surface area contributed by atoms with Gasteiger partial charge in [0.1, 0.15) is 24.2 Å². The van der Waals surface area contributed by atoms with Crippen LogP contribution in [-0.4, -0.2) is 60.0 Å². The van der Waals surface area contributed by atoms with Crippen LogP contribution in [0.4, 0.5) is 0 Å². The van der Waals surface area contributed by atoms with Crippen LogP contribution in [0.25, 0.3) is 6.08 Å². The first-order chi connectivity index (χ1) is 18.3. The molecule has 0 radical (unpaired) electrons. The zero-order valence-electron chi connectivity index (χ0n) is 23.4. The van der Waals surface area contributed by atoms with Crippen molar-refractivity contribution >= 4 is 30.0 Å². The lowest BCUT2D eigenvalue weighted by Crippen LogP contribution is -2.74. The predicted octanol–water partition coefficient (Wildman–Crippen LogP) is 4.02. The molecule has 0 unspecified atom stereocenters. The van der Waals surface area contributed by atoms with Crippen LogP contribution in [0.2, 0.25) is 0 Å². The summed E-state index contributed by atoms with van der Waals surface area (Å²) in [7, 11) is 0. The molecular formula is C30H38O9. The molecule has 1 saturated heterocycles. The van der Waals surface area contributed by atoms with Crippen LogP contribution in [0.15, 0.2) is 36.4 Å². The monoisotopic (exact) mass is 542 g/mol. The molecule has 39 heavy (non-hydrogen) atoms. The molecule has 1 aromatic carbocycles. The van der Waals surface area contributed by atoms with Crippen LogP contribution < -0.4 is 0 Å². The second kappa shape index (κ2) is 10.8. The Labute approximate surface area is 229 Å². The lowest BCUT2D eigenvalue weighted by molar-refractivity contribution is -0.300. The summed E-state index contributed by atoms with van der Waals surface area (Å²) in [6.45, 7) is 9.57. The molecule has 7 atom stereocenters. The van der Waals surface area contributed by atoms with E-state index in [0.717, 1.165) is 5.56 Å². The molecular weight excluding hydrogens is 504 g/mol. The topological polar surface area (TPSA) is 114 Å². The van der Waals surface area contributed by atoms with E-state index in [1.54, 1.807) is 6.08 Å². The molecule has 0 N–H and O–H groups in total. The van der Waals surface area contributed by atoms with E-state index >= 15 is 0 Å². The normalized spacial score (nSPS) is 34.6. The van der Waals surface area contributed by atoms with Crippen molar-refractivity contribution < 1.29 is 42.9 Å². The number of carbonyl (C=O) groups is 4. The summed E-state index contributed by atoms with van der Waals surface area (Å²) >= 11 is 0. The highest BCUT2D eigenvalue weighted by Crippen LogP contribution is 2.67. The molecule has 212 valence electrons. The van der Waals surface area contributed by atoms with Crippen molar-refractivity contribution in [3.8, 4) is 0 Å². The number of carbonyl (C=O) groups excluding carboxylic acids is 4. The van der Waals surface area contributed by atoms with E-state index in [1.807, 2.05) is 51.1 Å². The number of rotatable bonds is 7. The minimum Gasteiger partial charge on any atom is -0.465 e. The van der Waals surface area contributed by atoms with Gasteiger partial charge in [0.15, 0.2) is 6.10 Å². The van der Waals surface area contributed by atoms with Gasteiger partial charge in [0.05, 0.1) is 11.2 Å². The van der Waals surface area contributed by atoms with Gasteiger partial charge in [-0.05, 0) is 56.6 Å². The van der Waals surface area contributed by atoms with E-state index in [9.17, 15) is 19.2 Å². The summed E-state index contributed by atoms with van der Waals surface area (Å²) in [6, 6.07) is 9.34. The fourth-order valence-corrected chi connectivity index (χ4v) is 7.04. The van der Waals surface area contributed by atoms with Crippen molar-refractivity contribution in [1.82, 2.24) is 0 Å². The van der Waals surface area contributed by atoms with E-state index < -0.39 is 58.8 Å². The molecule has 3 fully saturated rings. The van der Waals surface area contributed by atoms with Crippen molar-refractivity contribution in [3.05, 3.63) is 42.0 Å². The summed E-state index contributed by atoms with van der Waals surface area (Å²) in [5.74, 6) is -2.47. The number of benzene rings is 1. The predicted molar refractivity (Wildman–Crippen MR) is 140 cm³/mol. The maximum absolute atomic E-state index is 13.3. The Hall–Kier alpha value is -3.20. The molecule has 2 bridgehead atoms. The van der Waals surface area contributed by atoms with E-state index in [0.29, 0.717) is 19.3 Å². The Morgan fingerprint density at radius 1 is 0.949 bits per heavy atom. The highest BCUT2D eigenvalue weighted by atomic mass is 16.6. The molecule has 0 aromatic heterocycles. The van der Waals surface area contributed by atoms with Gasteiger partial charge in [-0.1, -0.05) is 37.3 Å². The van der Waals surface area contributed by atoms with Gasteiger partial charge in [0.2, 0.25) is 0 Å². The first kappa shape index (κ1) is 28.8. The van der Waals surface area contributed by atoms with E-state index in [4.69, 9.17) is 23.7 Å². The Kier molecular flexibility index (Phi) is 7.94. The van der Waals surface area contributed by atoms with Crippen LogP contribution in [-0.2, 0) is 42.9 Å². The summed E-state index contributed by atoms with van der Waals surface area (Å²) in [6.07, 6.45) is 1.53. The van der Waals surface area contributed by atoms with Crippen LogP contribution in [0.5, 0.6) is 0 Å². The second-order valence-electron chi connectivity index (χ2n) is 11.5. The highest BCUT2D eigenvalue weighted by Gasteiger charge is 2.78. The van der Waals surface area contributed by atoms with Crippen molar-refractivity contribution in [3.63, 3.8) is 0 Å². The third-order valence-corrected chi connectivity index (χ3v) is 8.66. The minimum absolute atomic E-state index is 0.0181. The Morgan fingerprint density at radius 2 is 1.62 bits per heavy atom. The third-order valence-electron chi connectivity index (χ3n) is 8.66. The molecule has 0 amide bonds. The zero-order valence-corrected chi connectivity index (χ0v) is 23.4. The Bertz CT molecular complexity index is 1140. The van der Waals surface area contributed by atoms with Gasteiger partial charge < -0.3 is 23.7 Å². The smallest absolute Gasteiger partial charge is 0.331 e. The van der Waals surface area contributed by atoms with Crippen molar-refractivity contribution in [2.75, 3.05) is 6.61 Å². The van der Waals surface area contributed by atoms with E-state index in [2.05, 4.69) is 0 Å². The standard InChI is InChI=1S/C30H38O9/c1-18-14-24(36-20(3)32)27(37-21(4)33)29(17-35-19(2)31)25(15-23-16-30(18,29)39-28(23,5)6)38-26(34)13-12-22-10-8-7-9-11-22/h7-13,18,23-25,27H,14-17H2,1-6H3/b13-12+/t18-,23-,24+,25+,27+,29-,30+/m1/s1.